The van der Waals surface area contributed by atoms with Gasteiger partial charge in [0, 0.05) is 18.5 Å². The Kier molecular flexibility index (Phi) is 9.54. The average molecular weight is 404 g/mol. The second-order valence-corrected chi connectivity index (χ2v) is 7.76. The van der Waals surface area contributed by atoms with Crippen LogP contribution in [0.3, 0.4) is 0 Å². The summed E-state index contributed by atoms with van der Waals surface area (Å²) in [6.07, 6.45) is 10.2. The fourth-order valence-electron chi connectivity index (χ4n) is 3.47. The van der Waals surface area contributed by atoms with Crippen molar-refractivity contribution in [3.63, 3.8) is 0 Å². The molecule has 2 N–H and O–H groups in total. The summed E-state index contributed by atoms with van der Waals surface area (Å²) in [5, 5.41) is 11.7. The summed E-state index contributed by atoms with van der Waals surface area (Å²) in [6.45, 7) is 2.77. The van der Waals surface area contributed by atoms with Gasteiger partial charge in [0.25, 0.3) is 0 Å². The van der Waals surface area contributed by atoms with Crippen molar-refractivity contribution in [3.8, 4) is 11.5 Å². The Morgan fingerprint density at radius 3 is 2.59 bits per heavy atom. The highest BCUT2D eigenvalue weighted by Crippen LogP contribution is 2.29. The second kappa shape index (κ2) is 12.1. The molecule has 1 fully saturated rings. The van der Waals surface area contributed by atoms with Crippen molar-refractivity contribution < 1.29 is 24.2 Å². The van der Waals surface area contributed by atoms with Crippen LogP contribution in [-0.4, -0.2) is 36.7 Å². The molecule has 2 rings (SSSR count). The maximum absolute atomic E-state index is 12.2. The Morgan fingerprint density at radius 1 is 1.14 bits per heavy atom. The summed E-state index contributed by atoms with van der Waals surface area (Å²) >= 11 is 0. The predicted octanol–water partition coefficient (Wildman–Crippen LogP) is 4.43. The van der Waals surface area contributed by atoms with E-state index in [1.165, 1.54) is 12.8 Å². The topological polar surface area (TPSA) is 84.9 Å². The number of nitrogens with one attached hydrogen (secondary N) is 1. The van der Waals surface area contributed by atoms with Crippen molar-refractivity contribution in [3.05, 3.63) is 29.8 Å². The van der Waals surface area contributed by atoms with E-state index in [0.717, 1.165) is 37.2 Å². The molecule has 0 saturated heterocycles. The van der Waals surface area contributed by atoms with Crippen molar-refractivity contribution in [2.24, 2.45) is 5.92 Å². The molecular weight excluding hydrogens is 370 g/mol. The Morgan fingerprint density at radius 2 is 1.90 bits per heavy atom. The fraction of sp³-hybridized carbons (Fsp3) is 0.565. The minimum atomic E-state index is -0.766. The Labute approximate surface area is 173 Å². The number of amides is 1. The van der Waals surface area contributed by atoms with E-state index < -0.39 is 5.97 Å². The number of carbonyl (C=O) groups excluding carboxylic acids is 1. The SMILES string of the molecule is COc1cc(/C=C/C(=O)NC2CCC(C)CC2)ccc1OCCCCCC(=O)O. The van der Waals surface area contributed by atoms with Gasteiger partial charge in [-0.05, 0) is 74.6 Å². The van der Waals surface area contributed by atoms with Crippen LogP contribution in [0.1, 0.15) is 63.9 Å². The number of ether oxygens (including phenoxy) is 2. The highest BCUT2D eigenvalue weighted by molar-refractivity contribution is 5.92. The lowest BCUT2D eigenvalue weighted by Gasteiger charge is -2.26. The molecule has 1 aromatic carbocycles. The van der Waals surface area contributed by atoms with Crippen LogP contribution in [0.5, 0.6) is 11.5 Å². The van der Waals surface area contributed by atoms with Crippen LogP contribution in [0, 0.1) is 5.92 Å². The summed E-state index contributed by atoms with van der Waals surface area (Å²) in [6, 6.07) is 5.83. The highest BCUT2D eigenvalue weighted by Gasteiger charge is 2.18. The lowest BCUT2D eigenvalue weighted by atomic mass is 9.87. The molecule has 0 radical (unpaired) electrons. The molecule has 0 spiro atoms. The molecule has 1 aromatic rings. The lowest BCUT2D eigenvalue weighted by molar-refractivity contribution is -0.137. The van der Waals surface area contributed by atoms with Crippen LogP contribution in [0.2, 0.25) is 0 Å². The Bertz CT molecular complexity index is 693. The van der Waals surface area contributed by atoms with Gasteiger partial charge < -0.3 is 19.9 Å². The fourth-order valence-corrected chi connectivity index (χ4v) is 3.47. The van der Waals surface area contributed by atoms with Gasteiger partial charge in [0.1, 0.15) is 0 Å². The van der Waals surface area contributed by atoms with Crippen LogP contribution in [0.15, 0.2) is 24.3 Å². The minimum Gasteiger partial charge on any atom is -0.493 e. The van der Waals surface area contributed by atoms with E-state index in [9.17, 15) is 9.59 Å². The van der Waals surface area contributed by atoms with E-state index >= 15 is 0 Å². The standard InChI is InChI=1S/C23H33NO5/c1-17-7-11-19(12-8-17)24-22(25)14-10-18-9-13-20(21(16-18)28-2)29-15-5-3-4-6-23(26)27/h9-10,13-14,16-17,19H,3-8,11-12,15H2,1-2H3,(H,24,25)(H,26,27)/b14-10+. The Hall–Kier alpha value is -2.50. The summed E-state index contributed by atoms with van der Waals surface area (Å²) in [5.41, 5.74) is 0.864. The van der Waals surface area contributed by atoms with Crippen molar-refractivity contribution in [1.29, 1.82) is 0 Å². The second-order valence-electron chi connectivity index (χ2n) is 7.76. The predicted molar refractivity (Wildman–Crippen MR) is 113 cm³/mol. The number of carboxylic acid groups (broad SMARTS) is 1. The number of hydrogen-bond donors (Lipinski definition) is 2. The third-order valence-corrected chi connectivity index (χ3v) is 5.27. The molecule has 0 aliphatic heterocycles. The van der Waals surface area contributed by atoms with Gasteiger partial charge in [-0.3, -0.25) is 9.59 Å². The van der Waals surface area contributed by atoms with Crippen LogP contribution in [0.25, 0.3) is 6.08 Å². The number of unbranched alkanes of at least 4 members (excludes halogenated alkanes) is 2. The zero-order valence-electron chi connectivity index (χ0n) is 17.5. The van der Waals surface area contributed by atoms with Crippen LogP contribution in [-0.2, 0) is 9.59 Å². The van der Waals surface area contributed by atoms with Crippen molar-refractivity contribution in [1.82, 2.24) is 5.32 Å². The molecule has 6 heteroatoms. The van der Waals surface area contributed by atoms with Gasteiger partial charge in [0.05, 0.1) is 13.7 Å². The van der Waals surface area contributed by atoms with E-state index in [4.69, 9.17) is 14.6 Å². The number of carbonyl (C=O) groups is 2. The summed E-state index contributed by atoms with van der Waals surface area (Å²) in [7, 11) is 1.58. The van der Waals surface area contributed by atoms with Crippen LogP contribution < -0.4 is 14.8 Å². The molecule has 160 valence electrons. The zero-order chi connectivity index (χ0) is 21.1. The van der Waals surface area contributed by atoms with Gasteiger partial charge >= 0.3 is 5.97 Å². The van der Waals surface area contributed by atoms with Crippen molar-refractivity contribution in [2.75, 3.05) is 13.7 Å². The smallest absolute Gasteiger partial charge is 0.303 e. The number of methoxy groups -OCH3 is 1. The van der Waals surface area contributed by atoms with Gasteiger partial charge in [0.2, 0.25) is 5.91 Å². The van der Waals surface area contributed by atoms with E-state index in [0.29, 0.717) is 24.5 Å². The van der Waals surface area contributed by atoms with E-state index in [1.54, 1.807) is 19.3 Å². The van der Waals surface area contributed by atoms with Gasteiger partial charge in [-0.25, -0.2) is 0 Å². The molecule has 6 nitrogen and oxygen atoms in total. The molecule has 1 aliphatic rings. The molecule has 0 unspecified atom stereocenters. The number of aliphatic carboxylic acids is 1. The largest absolute Gasteiger partial charge is 0.493 e. The highest BCUT2D eigenvalue weighted by atomic mass is 16.5. The normalized spacial score (nSPS) is 19.1. The quantitative estimate of drug-likeness (QED) is 0.422. The maximum atomic E-state index is 12.2. The van der Waals surface area contributed by atoms with Gasteiger partial charge in [0.15, 0.2) is 11.5 Å². The van der Waals surface area contributed by atoms with E-state index in [2.05, 4.69) is 12.2 Å². The van der Waals surface area contributed by atoms with Crippen molar-refractivity contribution in [2.45, 2.75) is 64.3 Å². The monoisotopic (exact) mass is 403 g/mol. The van der Waals surface area contributed by atoms with Gasteiger partial charge in [-0.15, -0.1) is 0 Å². The minimum absolute atomic E-state index is 0.0646. The summed E-state index contributed by atoms with van der Waals surface area (Å²) in [5.74, 6) is 1.18. The van der Waals surface area contributed by atoms with Crippen LogP contribution >= 0.6 is 0 Å². The first kappa shape index (κ1) is 22.8. The molecule has 1 amide bonds. The molecule has 0 atom stereocenters. The molecule has 29 heavy (non-hydrogen) atoms. The molecule has 0 heterocycles. The molecule has 1 saturated carbocycles. The van der Waals surface area contributed by atoms with Crippen molar-refractivity contribution >= 4 is 18.0 Å². The number of rotatable bonds is 11. The molecular formula is C23H33NO5. The Balaban J connectivity index is 1.80. The van der Waals surface area contributed by atoms with Gasteiger partial charge in [-0.1, -0.05) is 13.0 Å². The number of carboxylic acids is 1. The average Bonchev–Trinajstić information content (AvgIpc) is 2.71. The van der Waals surface area contributed by atoms with E-state index in [-0.39, 0.29) is 18.4 Å². The molecule has 0 aromatic heterocycles. The van der Waals surface area contributed by atoms with Crippen LogP contribution in [0.4, 0.5) is 0 Å². The number of hydrogen-bond acceptors (Lipinski definition) is 4. The first-order chi connectivity index (χ1) is 14.0. The molecule has 0 bridgehead atoms. The molecule has 1 aliphatic carbocycles. The van der Waals surface area contributed by atoms with E-state index in [1.807, 2.05) is 18.2 Å². The third-order valence-electron chi connectivity index (χ3n) is 5.27. The first-order valence-electron chi connectivity index (χ1n) is 10.5. The summed E-state index contributed by atoms with van der Waals surface area (Å²) in [4.78, 5) is 22.7. The number of benzene rings is 1. The lowest BCUT2D eigenvalue weighted by Crippen LogP contribution is -2.36. The first-order valence-corrected chi connectivity index (χ1v) is 10.5. The van der Waals surface area contributed by atoms with Gasteiger partial charge in [-0.2, -0.15) is 0 Å². The maximum Gasteiger partial charge on any atom is 0.303 e. The summed E-state index contributed by atoms with van der Waals surface area (Å²) < 4.78 is 11.1. The third kappa shape index (κ3) is 8.59. The zero-order valence-corrected chi connectivity index (χ0v) is 17.5.